The molecular formula is C16H20FN3O3. The number of carbonyl (C=O) groups is 2. The molecule has 3 rings (SSSR count). The van der Waals surface area contributed by atoms with Gasteiger partial charge in [0, 0.05) is 32.1 Å². The number of halogens is 1. The Morgan fingerprint density at radius 2 is 2.13 bits per heavy atom. The number of rotatable bonds is 3. The maximum Gasteiger partial charge on any atom is 0.341 e. The van der Waals surface area contributed by atoms with E-state index >= 15 is 4.39 Å². The highest BCUT2D eigenvalue weighted by Gasteiger charge is 2.42. The number of fused-ring (bicyclic) bond motifs is 1. The number of piperazine rings is 1. The molecule has 0 aromatic rings. The molecule has 0 spiro atoms. The number of allylic oxidation sites excluding steroid dienone is 1. The van der Waals surface area contributed by atoms with Gasteiger partial charge in [-0.2, -0.15) is 4.39 Å². The van der Waals surface area contributed by atoms with Gasteiger partial charge in [-0.05, 0) is 12.5 Å². The average molecular weight is 321 g/mol. The van der Waals surface area contributed by atoms with Gasteiger partial charge in [-0.25, -0.2) is 4.79 Å². The summed E-state index contributed by atoms with van der Waals surface area (Å²) in [5, 5.41) is 12.4. The Hall–Kier alpha value is -2.15. The maximum atomic E-state index is 15.0. The Labute approximate surface area is 133 Å². The van der Waals surface area contributed by atoms with Gasteiger partial charge in [0.05, 0.1) is 11.7 Å². The third-order valence-corrected chi connectivity index (χ3v) is 4.60. The summed E-state index contributed by atoms with van der Waals surface area (Å²) < 4.78 is 15.0. The molecule has 3 aliphatic heterocycles. The van der Waals surface area contributed by atoms with E-state index in [1.807, 2.05) is 17.9 Å². The Kier molecular flexibility index (Phi) is 4.21. The van der Waals surface area contributed by atoms with Crippen LogP contribution in [-0.2, 0) is 9.59 Å². The van der Waals surface area contributed by atoms with Crippen molar-refractivity contribution in [3.63, 3.8) is 0 Å². The van der Waals surface area contributed by atoms with Crippen molar-refractivity contribution in [3.05, 3.63) is 35.4 Å². The van der Waals surface area contributed by atoms with Gasteiger partial charge in [0.15, 0.2) is 0 Å². The molecule has 3 heterocycles. The SMILES string of the molecule is CCC1C=C(C(=O)O)C(=O)N2C(F)=C(N3CCNCC3)C=CC12. The number of hydrogen-bond donors (Lipinski definition) is 2. The van der Waals surface area contributed by atoms with E-state index < -0.39 is 23.9 Å². The standard InChI is InChI=1S/C16H20FN3O3/c1-2-10-9-11(16(22)23)15(21)20-12(10)3-4-13(14(20)17)19-7-5-18-6-8-19/h3-4,9-10,12,18H,2,5-8H2,1H3,(H,22,23). The predicted octanol–water partition coefficient (Wildman–Crippen LogP) is 0.848. The van der Waals surface area contributed by atoms with Crippen molar-refractivity contribution < 1.29 is 19.1 Å². The highest BCUT2D eigenvalue weighted by Crippen LogP contribution is 2.35. The van der Waals surface area contributed by atoms with Crippen LogP contribution in [0.3, 0.4) is 0 Å². The Morgan fingerprint density at radius 3 is 2.74 bits per heavy atom. The van der Waals surface area contributed by atoms with E-state index in [9.17, 15) is 14.7 Å². The summed E-state index contributed by atoms with van der Waals surface area (Å²) in [7, 11) is 0. The summed E-state index contributed by atoms with van der Waals surface area (Å²) in [5.41, 5.74) is 0.0100. The lowest BCUT2D eigenvalue weighted by atomic mass is 9.87. The minimum Gasteiger partial charge on any atom is -0.478 e. The van der Waals surface area contributed by atoms with E-state index in [1.165, 1.54) is 6.08 Å². The largest absolute Gasteiger partial charge is 0.478 e. The van der Waals surface area contributed by atoms with E-state index in [-0.39, 0.29) is 11.5 Å². The number of carboxylic acid groups (broad SMARTS) is 1. The Balaban J connectivity index is 1.98. The molecule has 0 bridgehead atoms. The van der Waals surface area contributed by atoms with Crippen LogP contribution in [0.25, 0.3) is 0 Å². The normalized spacial score (nSPS) is 27.9. The number of amides is 1. The smallest absolute Gasteiger partial charge is 0.341 e. The quantitative estimate of drug-likeness (QED) is 0.595. The molecule has 1 saturated heterocycles. The minimum absolute atomic E-state index is 0.203. The maximum absolute atomic E-state index is 15.0. The highest BCUT2D eigenvalue weighted by atomic mass is 19.1. The van der Waals surface area contributed by atoms with Crippen LogP contribution < -0.4 is 5.32 Å². The number of hydrogen-bond acceptors (Lipinski definition) is 4. The lowest BCUT2D eigenvalue weighted by molar-refractivity contribution is -0.139. The second-order valence-electron chi connectivity index (χ2n) is 5.90. The molecule has 1 fully saturated rings. The molecule has 124 valence electrons. The fourth-order valence-electron chi connectivity index (χ4n) is 3.34. The molecule has 0 aliphatic carbocycles. The lowest BCUT2D eigenvalue weighted by Gasteiger charge is -2.41. The van der Waals surface area contributed by atoms with Crippen LogP contribution >= 0.6 is 0 Å². The molecule has 2 atom stereocenters. The summed E-state index contributed by atoms with van der Waals surface area (Å²) in [4.78, 5) is 26.6. The van der Waals surface area contributed by atoms with Crippen LogP contribution in [0, 0.1) is 5.92 Å². The zero-order valence-electron chi connectivity index (χ0n) is 13.0. The molecule has 1 amide bonds. The zero-order valence-corrected chi connectivity index (χ0v) is 13.0. The van der Waals surface area contributed by atoms with Crippen molar-refractivity contribution in [2.24, 2.45) is 5.92 Å². The third kappa shape index (κ3) is 2.65. The highest BCUT2D eigenvalue weighted by molar-refractivity contribution is 6.16. The summed E-state index contributed by atoms with van der Waals surface area (Å²) in [5.74, 6) is -2.93. The van der Waals surface area contributed by atoms with Gasteiger partial charge < -0.3 is 15.3 Å². The molecular weight excluding hydrogens is 301 g/mol. The summed E-state index contributed by atoms with van der Waals surface area (Å²) in [6.07, 6.45) is 5.62. The number of aliphatic carboxylic acids is 1. The zero-order chi connectivity index (χ0) is 16.6. The van der Waals surface area contributed by atoms with Gasteiger partial charge in [0.1, 0.15) is 5.57 Å². The molecule has 2 N–H and O–H groups in total. The molecule has 0 radical (unpaired) electrons. The molecule has 6 nitrogen and oxygen atoms in total. The molecule has 3 aliphatic rings. The van der Waals surface area contributed by atoms with Crippen molar-refractivity contribution in [1.29, 1.82) is 0 Å². The van der Waals surface area contributed by atoms with Crippen molar-refractivity contribution >= 4 is 11.9 Å². The van der Waals surface area contributed by atoms with Gasteiger partial charge in [-0.3, -0.25) is 9.69 Å². The van der Waals surface area contributed by atoms with E-state index in [0.29, 0.717) is 25.2 Å². The second-order valence-corrected chi connectivity index (χ2v) is 5.90. The van der Waals surface area contributed by atoms with Crippen molar-refractivity contribution in [3.8, 4) is 0 Å². The van der Waals surface area contributed by atoms with Crippen molar-refractivity contribution in [2.75, 3.05) is 26.2 Å². The van der Waals surface area contributed by atoms with E-state index in [1.54, 1.807) is 6.08 Å². The molecule has 0 aromatic carbocycles. The van der Waals surface area contributed by atoms with Crippen LogP contribution in [0.4, 0.5) is 4.39 Å². The Bertz CT molecular complexity index is 620. The predicted molar refractivity (Wildman–Crippen MR) is 81.9 cm³/mol. The van der Waals surface area contributed by atoms with E-state index in [2.05, 4.69) is 5.32 Å². The van der Waals surface area contributed by atoms with Crippen molar-refractivity contribution in [2.45, 2.75) is 19.4 Å². The molecule has 0 aromatic heterocycles. The fraction of sp³-hybridized carbons (Fsp3) is 0.500. The first-order valence-corrected chi connectivity index (χ1v) is 7.87. The molecule has 23 heavy (non-hydrogen) atoms. The summed E-state index contributed by atoms with van der Waals surface area (Å²) in [6.45, 7) is 4.70. The molecule has 7 heteroatoms. The topological polar surface area (TPSA) is 72.9 Å². The first kappa shape index (κ1) is 15.7. The third-order valence-electron chi connectivity index (χ3n) is 4.60. The van der Waals surface area contributed by atoms with E-state index in [4.69, 9.17) is 0 Å². The van der Waals surface area contributed by atoms with Crippen LogP contribution in [0.1, 0.15) is 13.3 Å². The number of nitrogens with zero attached hydrogens (tertiary/aromatic N) is 2. The Morgan fingerprint density at radius 1 is 1.43 bits per heavy atom. The van der Waals surface area contributed by atoms with Crippen LogP contribution in [0.2, 0.25) is 0 Å². The van der Waals surface area contributed by atoms with Crippen LogP contribution in [-0.4, -0.2) is 59.0 Å². The number of nitrogens with one attached hydrogen (secondary N) is 1. The number of carbonyl (C=O) groups excluding carboxylic acids is 1. The van der Waals surface area contributed by atoms with Crippen LogP contribution in [0.15, 0.2) is 35.4 Å². The fourth-order valence-corrected chi connectivity index (χ4v) is 3.34. The lowest BCUT2D eigenvalue weighted by Crippen LogP contribution is -2.50. The second kappa shape index (κ2) is 6.16. The molecule has 2 unspecified atom stereocenters. The average Bonchev–Trinajstić information content (AvgIpc) is 2.55. The van der Waals surface area contributed by atoms with Gasteiger partial charge in [-0.15, -0.1) is 0 Å². The monoisotopic (exact) mass is 321 g/mol. The summed E-state index contributed by atoms with van der Waals surface area (Å²) >= 11 is 0. The van der Waals surface area contributed by atoms with Crippen molar-refractivity contribution in [1.82, 2.24) is 15.1 Å². The number of carboxylic acids is 1. The first-order valence-electron chi connectivity index (χ1n) is 7.87. The minimum atomic E-state index is -1.31. The summed E-state index contributed by atoms with van der Waals surface area (Å²) in [6, 6.07) is -0.456. The van der Waals surface area contributed by atoms with Gasteiger partial charge in [-0.1, -0.05) is 19.1 Å². The van der Waals surface area contributed by atoms with Gasteiger partial charge in [0.2, 0.25) is 5.95 Å². The van der Waals surface area contributed by atoms with Gasteiger partial charge in [0.25, 0.3) is 5.91 Å². The van der Waals surface area contributed by atoms with Crippen LogP contribution in [0.5, 0.6) is 0 Å². The molecule has 0 saturated carbocycles. The van der Waals surface area contributed by atoms with Gasteiger partial charge >= 0.3 is 5.97 Å². The first-order chi connectivity index (χ1) is 11.0. The van der Waals surface area contributed by atoms with E-state index in [0.717, 1.165) is 18.0 Å².